The average molecular weight is 240 g/mol. The van der Waals surface area contributed by atoms with E-state index in [2.05, 4.69) is 0 Å². The molecule has 1 aromatic carbocycles. The summed E-state index contributed by atoms with van der Waals surface area (Å²) in [5.41, 5.74) is 0.179. The molecule has 0 aromatic heterocycles. The highest BCUT2D eigenvalue weighted by Gasteiger charge is 2.17. The van der Waals surface area contributed by atoms with Gasteiger partial charge in [-0.15, -0.1) is 0 Å². The summed E-state index contributed by atoms with van der Waals surface area (Å²) < 4.78 is 25.9. The first-order chi connectivity index (χ1) is 7.91. The van der Waals surface area contributed by atoms with Crippen molar-refractivity contribution in [1.82, 2.24) is 0 Å². The maximum atomic E-state index is 13.3. The number of halogens is 2. The first-order valence-electron chi connectivity index (χ1n) is 5.28. The molecule has 0 radical (unpaired) electrons. The highest BCUT2D eigenvalue weighted by Crippen LogP contribution is 2.17. The lowest BCUT2D eigenvalue weighted by atomic mass is 9.95. The number of benzene rings is 1. The van der Waals surface area contributed by atoms with E-state index in [4.69, 9.17) is 5.11 Å². The molecule has 17 heavy (non-hydrogen) atoms. The lowest BCUT2D eigenvalue weighted by Crippen LogP contribution is -2.16. The molecular weight excluding hydrogens is 226 g/mol. The van der Waals surface area contributed by atoms with Gasteiger partial charge in [-0.2, -0.15) is 0 Å². The molecule has 0 spiro atoms. The van der Waals surface area contributed by atoms with E-state index in [9.17, 15) is 13.6 Å². The summed E-state index contributed by atoms with van der Waals surface area (Å²) in [7, 11) is 0. The predicted molar refractivity (Wildman–Crippen MR) is 61.4 cm³/mol. The van der Waals surface area contributed by atoms with Crippen LogP contribution in [0.4, 0.5) is 8.78 Å². The molecule has 1 atom stereocenters. The molecule has 0 aliphatic carbocycles. The second kappa shape index (κ2) is 5.57. The van der Waals surface area contributed by atoms with E-state index < -0.39 is 23.5 Å². The van der Waals surface area contributed by atoms with Crippen molar-refractivity contribution in [3.8, 4) is 0 Å². The van der Waals surface area contributed by atoms with Gasteiger partial charge in [0.05, 0.1) is 5.92 Å². The van der Waals surface area contributed by atoms with Crippen LogP contribution in [0.2, 0.25) is 0 Å². The van der Waals surface area contributed by atoms with Crippen LogP contribution >= 0.6 is 0 Å². The van der Waals surface area contributed by atoms with Crippen molar-refractivity contribution >= 4 is 12.0 Å². The Morgan fingerprint density at radius 1 is 1.35 bits per heavy atom. The first-order valence-corrected chi connectivity index (χ1v) is 5.28. The Labute approximate surface area is 98.6 Å². The molecule has 0 aliphatic heterocycles. The van der Waals surface area contributed by atoms with Crippen molar-refractivity contribution in [3.05, 3.63) is 41.5 Å². The Morgan fingerprint density at radius 3 is 2.47 bits per heavy atom. The molecule has 0 fully saturated rings. The lowest BCUT2D eigenvalue weighted by molar-refractivity contribution is -0.141. The first kappa shape index (κ1) is 13.4. The molecule has 1 aromatic rings. The summed E-state index contributed by atoms with van der Waals surface area (Å²) in [6.07, 6.45) is 2.79. The molecule has 0 bridgehead atoms. The minimum Gasteiger partial charge on any atom is -0.481 e. The smallest absolute Gasteiger partial charge is 0.310 e. The molecule has 92 valence electrons. The average Bonchev–Trinajstić information content (AvgIpc) is 2.20. The maximum absolute atomic E-state index is 13.3. The molecule has 0 amide bonds. The van der Waals surface area contributed by atoms with Crippen LogP contribution in [0.25, 0.3) is 6.08 Å². The fourth-order valence-electron chi connectivity index (χ4n) is 1.43. The second-order valence-electron chi connectivity index (χ2n) is 4.13. The van der Waals surface area contributed by atoms with Gasteiger partial charge in [0.1, 0.15) is 11.6 Å². The summed E-state index contributed by atoms with van der Waals surface area (Å²) in [4.78, 5) is 10.9. The van der Waals surface area contributed by atoms with Gasteiger partial charge in [0, 0.05) is 11.6 Å². The lowest BCUT2D eigenvalue weighted by Gasteiger charge is -2.11. The fourth-order valence-corrected chi connectivity index (χ4v) is 1.43. The molecule has 1 rings (SSSR count). The van der Waals surface area contributed by atoms with Gasteiger partial charge in [-0.1, -0.05) is 26.0 Å². The van der Waals surface area contributed by atoms with Crippen LogP contribution in [0.1, 0.15) is 19.4 Å². The summed E-state index contributed by atoms with van der Waals surface area (Å²) in [5.74, 6) is -3.09. The Bertz CT molecular complexity index is 439. The number of aliphatic carboxylic acids is 1. The van der Waals surface area contributed by atoms with Crippen molar-refractivity contribution in [2.24, 2.45) is 11.8 Å². The number of carboxylic acids is 1. The van der Waals surface area contributed by atoms with Crippen LogP contribution in [-0.4, -0.2) is 11.1 Å². The SMILES string of the molecule is CC(C)C(C=Cc1ccc(F)cc1F)C(=O)O. The third-order valence-corrected chi connectivity index (χ3v) is 2.45. The molecule has 4 heteroatoms. The largest absolute Gasteiger partial charge is 0.481 e. The molecule has 1 N–H and O–H groups in total. The minimum atomic E-state index is -0.959. The molecule has 0 heterocycles. The third kappa shape index (κ3) is 3.66. The van der Waals surface area contributed by atoms with Crippen molar-refractivity contribution < 1.29 is 18.7 Å². The van der Waals surface area contributed by atoms with Gasteiger partial charge in [0.2, 0.25) is 0 Å². The number of hydrogen-bond acceptors (Lipinski definition) is 1. The number of carboxylic acid groups (broad SMARTS) is 1. The van der Waals surface area contributed by atoms with Crippen molar-refractivity contribution in [2.75, 3.05) is 0 Å². The van der Waals surface area contributed by atoms with Gasteiger partial charge >= 0.3 is 5.97 Å². The monoisotopic (exact) mass is 240 g/mol. The van der Waals surface area contributed by atoms with Crippen LogP contribution in [-0.2, 0) is 4.79 Å². The van der Waals surface area contributed by atoms with Crippen molar-refractivity contribution in [3.63, 3.8) is 0 Å². The van der Waals surface area contributed by atoms with Crippen molar-refractivity contribution in [1.29, 1.82) is 0 Å². The number of rotatable bonds is 4. The Hall–Kier alpha value is -1.71. The normalized spacial score (nSPS) is 13.2. The van der Waals surface area contributed by atoms with Crippen molar-refractivity contribution in [2.45, 2.75) is 13.8 Å². The van der Waals surface area contributed by atoms with E-state index >= 15 is 0 Å². The van der Waals surface area contributed by atoms with Gasteiger partial charge < -0.3 is 5.11 Å². The zero-order chi connectivity index (χ0) is 13.0. The van der Waals surface area contributed by atoms with E-state index in [1.165, 1.54) is 18.2 Å². The molecule has 0 saturated heterocycles. The molecular formula is C13H14F2O2. The van der Waals surface area contributed by atoms with Crippen LogP contribution in [0.15, 0.2) is 24.3 Å². The Balaban J connectivity index is 2.92. The summed E-state index contributed by atoms with van der Waals surface area (Å²) in [6, 6.07) is 3.18. The molecule has 2 nitrogen and oxygen atoms in total. The number of carbonyl (C=O) groups is 1. The van der Waals surface area contributed by atoms with Gasteiger partial charge in [-0.25, -0.2) is 8.78 Å². The van der Waals surface area contributed by atoms with E-state index in [0.29, 0.717) is 0 Å². The zero-order valence-electron chi connectivity index (χ0n) is 9.65. The predicted octanol–water partition coefficient (Wildman–Crippen LogP) is 3.33. The maximum Gasteiger partial charge on any atom is 0.310 e. The van der Waals surface area contributed by atoms with Crippen LogP contribution in [0.5, 0.6) is 0 Å². The highest BCUT2D eigenvalue weighted by molar-refractivity contribution is 5.74. The molecule has 0 aliphatic rings. The zero-order valence-corrected chi connectivity index (χ0v) is 9.65. The van der Waals surface area contributed by atoms with Gasteiger partial charge in [-0.05, 0) is 18.1 Å². The molecule has 1 unspecified atom stereocenters. The van der Waals surface area contributed by atoms with E-state index in [-0.39, 0.29) is 11.5 Å². The van der Waals surface area contributed by atoms with Crippen LogP contribution in [0, 0.1) is 23.5 Å². The highest BCUT2D eigenvalue weighted by atomic mass is 19.1. The fraction of sp³-hybridized carbons (Fsp3) is 0.308. The van der Waals surface area contributed by atoms with Crippen LogP contribution in [0.3, 0.4) is 0 Å². The van der Waals surface area contributed by atoms with E-state index in [1.807, 2.05) is 0 Å². The summed E-state index contributed by atoms with van der Waals surface area (Å²) in [6.45, 7) is 3.54. The third-order valence-electron chi connectivity index (χ3n) is 2.45. The van der Waals surface area contributed by atoms with Gasteiger partial charge in [0.25, 0.3) is 0 Å². The topological polar surface area (TPSA) is 37.3 Å². The van der Waals surface area contributed by atoms with Gasteiger partial charge in [-0.3, -0.25) is 4.79 Å². The van der Waals surface area contributed by atoms with Gasteiger partial charge in [0.15, 0.2) is 0 Å². The van der Waals surface area contributed by atoms with E-state index in [0.717, 1.165) is 12.1 Å². The van der Waals surface area contributed by atoms with E-state index in [1.54, 1.807) is 13.8 Å². The molecule has 0 saturated carbocycles. The quantitative estimate of drug-likeness (QED) is 0.876. The summed E-state index contributed by atoms with van der Waals surface area (Å²) >= 11 is 0. The standard InChI is InChI=1S/C13H14F2O2/c1-8(2)11(13(16)17)6-4-9-3-5-10(14)7-12(9)15/h3-8,11H,1-2H3,(H,16,17). The van der Waals surface area contributed by atoms with Crippen LogP contribution < -0.4 is 0 Å². The Morgan fingerprint density at radius 2 is 2.00 bits per heavy atom. The Kier molecular flexibility index (Phi) is 4.37. The minimum absolute atomic E-state index is 0.0905. The second-order valence-corrected chi connectivity index (χ2v) is 4.13. The number of hydrogen-bond donors (Lipinski definition) is 1. The summed E-state index contributed by atoms with van der Waals surface area (Å²) in [5, 5.41) is 8.93.